The highest BCUT2D eigenvalue weighted by atomic mass is 35.5. The predicted molar refractivity (Wildman–Crippen MR) is 141 cm³/mol. The molecule has 0 radical (unpaired) electrons. The van der Waals surface area contributed by atoms with Crippen LogP contribution in [0.3, 0.4) is 0 Å². The van der Waals surface area contributed by atoms with E-state index in [1.54, 1.807) is 30.3 Å². The van der Waals surface area contributed by atoms with E-state index in [2.05, 4.69) is 5.43 Å². The molecule has 1 saturated heterocycles. The Balaban J connectivity index is 1.45. The van der Waals surface area contributed by atoms with Gasteiger partial charge in [-0.1, -0.05) is 71.4 Å². The van der Waals surface area contributed by atoms with Gasteiger partial charge in [0.2, 0.25) is 0 Å². The van der Waals surface area contributed by atoms with Crippen LogP contribution < -0.4 is 10.2 Å². The maximum Gasteiger partial charge on any atom is 0.285 e. The number of hydrogen-bond donors (Lipinski definition) is 1. The Kier molecular flexibility index (Phi) is 7.58. The van der Waals surface area contributed by atoms with Gasteiger partial charge in [-0.05, 0) is 66.7 Å². The zero-order valence-electron chi connectivity index (χ0n) is 17.9. The monoisotopic (exact) mass is 528 g/mol. The van der Waals surface area contributed by atoms with E-state index in [0.29, 0.717) is 26.3 Å². The highest BCUT2D eigenvalue weighted by molar-refractivity contribution is 8.26. The predicted octanol–water partition coefficient (Wildman–Crippen LogP) is 6.43. The first-order valence-electron chi connectivity index (χ1n) is 10.1. The van der Waals surface area contributed by atoms with Crippen molar-refractivity contribution in [3.05, 3.63) is 104 Å². The molecule has 4 rings (SSSR count). The highest BCUT2D eigenvalue weighted by Gasteiger charge is 2.34. The minimum Gasteiger partial charge on any atom is -0.489 e. The van der Waals surface area contributed by atoms with Crippen LogP contribution in [0.5, 0.6) is 5.75 Å². The molecule has 0 bridgehead atoms. The van der Waals surface area contributed by atoms with Gasteiger partial charge in [0, 0.05) is 21.2 Å². The second-order valence-electron chi connectivity index (χ2n) is 7.37. The van der Waals surface area contributed by atoms with Gasteiger partial charge < -0.3 is 4.74 Å². The summed E-state index contributed by atoms with van der Waals surface area (Å²) in [5, 5.41) is 2.19. The average Bonchev–Trinajstić information content (AvgIpc) is 3.06. The van der Waals surface area contributed by atoms with E-state index in [9.17, 15) is 9.59 Å². The summed E-state index contributed by atoms with van der Waals surface area (Å²) in [7, 11) is 0. The molecule has 0 saturated carbocycles. The van der Waals surface area contributed by atoms with E-state index in [-0.39, 0.29) is 10.9 Å². The number of hydrazine groups is 1. The van der Waals surface area contributed by atoms with Gasteiger partial charge in [0.15, 0.2) is 4.32 Å². The van der Waals surface area contributed by atoms with Gasteiger partial charge >= 0.3 is 0 Å². The molecule has 172 valence electrons. The molecule has 3 aromatic carbocycles. The number of rotatable bonds is 6. The number of amides is 2. The van der Waals surface area contributed by atoms with Crippen molar-refractivity contribution in [1.82, 2.24) is 10.4 Å². The molecule has 5 nitrogen and oxygen atoms in total. The molecule has 3 aromatic rings. The average molecular weight is 529 g/mol. The minimum absolute atomic E-state index is 0.253. The number of aryl methyl sites for hydroxylation is 1. The fourth-order valence-electron chi connectivity index (χ4n) is 3.20. The SMILES string of the molecule is Cc1ccccc1C(=O)NN1C(=O)/C(=C\c2cccc(OCc3ccc(Cl)cc3Cl)c2)SC1=S. The summed E-state index contributed by atoms with van der Waals surface area (Å²) in [5.74, 6) is -0.175. The zero-order chi connectivity index (χ0) is 24.2. The molecular formula is C25H18Cl2N2O3S2. The van der Waals surface area contributed by atoms with E-state index in [1.165, 1.54) is 0 Å². The van der Waals surface area contributed by atoms with Gasteiger partial charge in [-0.3, -0.25) is 15.0 Å². The number of carbonyl (C=O) groups is 2. The zero-order valence-corrected chi connectivity index (χ0v) is 21.0. The number of nitrogens with one attached hydrogen (secondary N) is 1. The Bertz CT molecular complexity index is 1330. The number of thioether (sulfide) groups is 1. The summed E-state index contributed by atoms with van der Waals surface area (Å²) in [5.41, 5.74) is 5.45. The van der Waals surface area contributed by atoms with Crippen LogP contribution in [0.2, 0.25) is 10.0 Å². The first-order chi connectivity index (χ1) is 16.3. The number of benzene rings is 3. The van der Waals surface area contributed by atoms with Crippen LogP contribution in [0.25, 0.3) is 6.08 Å². The van der Waals surface area contributed by atoms with Gasteiger partial charge in [0.1, 0.15) is 12.4 Å². The number of thiocarbonyl (C=S) groups is 1. The third kappa shape index (κ3) is 5.62. The molecule has 0 atom stereocenters. The van der Waals surface area contributed by atoms with Crippen molar-refractivity contribution in [3.63, 3.8) is 0 Å². The van der Waals surface area contributed by atoms with E-state index in [0.717, 1.165) is 33.5 Å². The Morgan fingerprint density at radius 1 is 1.12 bits per heavy atom. The van der Waals surface area contributed by atoms with Gasteiger partial charge in [-0.15, -0.1) is 0 Å². The summed E-state index contributed by atoms with van der Waals surface area (Å²) >= 11 is 18.6. The molecule has 34 heavy (non-hydrogen) atoms. The second-order valence-corrected chi connectivity index (χ2v) is 9.89. The van der Waals surface area contributed by atoms with Gasteiger partial charge in [0.25, 0.3) is 11.8 Å². The summed E-state index contributed by atoms with van der Waals surface area (Å²) < 4.78 is 6.11. The summed E-state index contributed by atoms with van der Waals surface area (Å²) in [6.07, 6.45) is 1.71. The van der Waals surface area contributed by atoms with Crippen LogP contribution in [-0.2, 0) is 11.4 Å². The van der Waals surface area contributed by atoms with Crippen molar-refractivity contribution < 1.29 is 14.3 Å². The molecule has 1 fully saturated rings. The lowest BCUT2D eigenvalue weighted by molar-refractivity contribution is -0.123. The van der Waals surface area contributed by atoms with Gasteiger partial charge in [-0.2, -0.15) is 5.01 Å². The van der Waals surface area contributed by atoms with Crippen molar-refractivity contribution in [2.75, 3.05) is 0 Å². The molecule has 0 unspecified atom stereocenters. The third-order valence-corrected chi connectivity index (χ3v) is 6.85. The Labute approximate surface area is 216 Å². The van der Waals surface area contributed by atoms with E-state index < -0.39 is 11.8 Å². The molecule has 0 aliphatic carbocycles. The summed E-state index contributed by atoms with van der Waals surface area (Å²) in [6, 6.07) is 19.7. The fourth-order valence-corrected chi connectivity index (χ4v) is 4.84. The number of ether oxygens (including phenoxy) is 1. The smallest absolute Gasteiger partial charge is 0.285 e. The Hall–Kier alpha value is -2.84. The van der Waals surface area contributed by atoms with Crippen molar-refractivity contribution >= 4 is 69.4 Å². The van der Waals surface area contributed by atoms with Crippen LogP contribution in [0.1, 0.15) is 27.0 Å². The molecule has 1 aliphatic rings. The van der Waals surface area contributed by atoms with Crippen LogP contribution in [-0.4, -0.2) is 21.1 Å². The first-order valence-corrected chi connectivity index (χ1v) is 12.1. The number of hydrogen-bond acceptors (Lipinski definition) is 5. The van der Waals surface area contributed by atoms with E-state index >= 15 is 0 Å². The highest BCUT2D eigenvalue weighted by Crippen LogP contribution is 2.32. The molecule has 0 aromatic heterocycles. The largest absolute Gasteiger partial charge is 0.489 e. The van der Waals surface area contributed by atoms with Crippen molar-refractivity contribution in [2.45, 2.75) is 13.5 Å². The Morgan fingerprint density at radius 2 is 1.91 bits per heavy atom. The van der Waals surface area contributed by atoms with Crippen LogP contribution in [0, 0.1) is 6.92 Å². The van der Waals surface area contributed by atoms with Gasteiger partial charge in [-0.25, -0.2) is 0 Å². The number of halogens is 2. The maximum atomic E-state index is 12.9. The van der Waals surface area contributed by atoms with Crippen molar-refractivity contribution in [2.24, 2.45) is 0 Å². The normalized spacial score (nSPS) is 14.6. The number of nitrogens with zero attached hydrogens (tertiary/aromatic N) is 1. The molecule has 1 N–H and O–H groups in total. The van der Waals surface area contributed by atoms with E-state index in [1.807, 2.05) is 49.4 Å². The molecule has 1 aliphatic heterocycles. The number of carbonyl (C=O) groups excluding carboxylic acids is 2. The lowest BCUT2D eigenvalue weighted by Gasteiger charge is -2.16. The van der Waals surface area contributed by atoms with Crippen molar-refractivity contribution in [3.8, 4) is 5.75 Å². The Morgan fingerprint density at radius 3 is 2.68 bits per heavy atom. The molecular weight excluding hydrogens is 511 g/mol. The third-order valence-electron chi connectivity index (χ3n) is 4.96. The fraction of sp³-hybridized carbons (Fsp3) is 0.0800. The summed E-state index contributed by atoms with van der Waals surface area (Å²) in [4.78, 5) is 25.9. The standard InChI is InChI=1S/C25H18Cl2N2O3S2/c1-15-5-2-3-8-20(15)23(30)28-29-24(31)22(34-25(29)33)12-16-6-4-7-19(11-16)32-14-17-9-10-18(26)13-21(17)27/h2-13H,14H2,1H3,(H,28,30)/b22-12+. The molecule has 2 amide bonds. The summed E-state index contributed by atoms with van der Waals surface area (Å²) in [6.45, 7) is 2.10. The van der Waals surface area contributed by atoms with Crippen LogP contribution in [0.15, 0.2) is 71.6 Å². The molecule has 9 heteroatoms. The second kappa shape index (κ2) is 10.6. The maximum absolute atomic E-state index is 12.9. The minimum atomic E-state index is -0.396. The van der Waals surface area contributed by atoms with Gasteiger partial charge in [0.05, 0.1) is 4.91 Å². The lowest BCUT2D eigenvalue weighted by atomic mass is 10.1. The lowest BCUT2D eigenvalue weighted by Crippen LogP contribution is -2.45. The first kappa shape index (κ1) is 24.3. The quantitative estimate of drug-likeness (QED) is 0.295. The topological polar surface area (TPSA) is 58.6 Å². The van der Waals surface area contributed by atoms with Crippen LogP contribution in [0.4, 0.5) is 0 Å². The van der Waals surface area contributed by atoms with Crippen molar-refractivity contribution in [1.29, 1.82) is 0 Å². The molecule has 1 heterocycles. The van der Waals surface area contributed by atoms with E-state index in [4.69, 9.17) is 40.2 Å². The molecule has 0 spiro atoms. The van der Waals surface area contributed by atoms with Crippen LogP contribution >= 0.6 is 47.2 Å².